The maximum atomic E-state index is 12.4. The van der Waals surface area contributed by atoms with E-state index in [9.17, 15) is 13.6 Å². The molecule has 2 aromatic rings. The molecule has 0 fully saturated rings. The van der Waals surface area contributed by atoms with Gasteiger partial charge in [-0.2, -0.15) is 8.78 Å². The molecule has 0 unspecified atom stereocenters. The predicted octanol–water partition coefficient (Wildman–Crippen LogP) is 4.47. The van der Waals surface area contributed by atoms with Crippen molar-refractivity contribution < 1.29 is 32.5 Å². The van der Waals surface area contributed by atoms with Gasteiger partial charge in [0.15, 0.2) is 11.5 Å². The van der Waals surface area contributed by atoms with Crippen LogP contribution in [0, 0.1) is 0 Å². The fraction of sp³-hybridized carbons (Fsp3) is 0.211. The van der Waals surface area contributed by atoms with Crippen molar-refractivity contribution in [2.45, 2.75) is 13.2 Å². The van der Waals surface area contributed by atoms with E-state index in [1.54, 1.807) is 24.3 Å². The highest BCUT2D eigenvalue weighted by Crippen LogP contribution is 2.31. The lowest BCUT2D eigenvalue weighted by Gasteiger charge is -2.17. The van der Waals surface area contributed by atoms with E-state index >= 15 is 0 Å². The summed E-state index contributed by atoms with van der Waals surface area (Å²) in [6.07, 6.45) is 1.66. The first-order valence-corrected chi connectivity index (χ1v) is 8.26. The first-order chi connectivity index (χ1) is 13.0. The number of ether oxygens (including phenoxy) is 4. The van der Waals surface area contributed by atoms with Gasteiger partial charge in [0, 0.05) is 10.6 Å². The molecule has 1 heterocycles. The number of halogens is 3. The van der Waals surface area contributed by atoms with Gasteiger partial charge in [-0.05, 0) is 42.0 Å². The van der Waals surface area contributed by atoms with E-state index in [0.717, 1.165) is 0 Å². The van der Waals surface area contributed by atoms with E-state index in [1.165, 1.54) is 25.3 Å². The Morgan fingerprint density at radius 2 is 2.04 bits per heavy atom. The molecule has 0 saturated heterocycles. The summed E-state index contributed by atoms with van der Waals surface area (Å²) < 4.78 is 44.9. The molecule has 0 N–H and O–H groups in total. The zero-order valence-corrected chi connectivity index (χ0v) is 15.0. The molecule has 0 saturated carbocycles. The van der Waals surface area contributed by atoms with Gasteiger partial charge in [-0.1, -0.05) is 17.7 Å². The molecule has 0 radical (unpaired) electrons. The standard InChI is InChI=1S/C19H15ClF2O5/c1-24-17-6-11(2-4-16(17)27-19(21)22)9-26-18(23)13-7-12-8-14(20)3-5-15(12)25-10-13/h2-8,19H,9-10H2,1H3. The van der Waals surface area contributed by atoms with Crippen molar-refractivity contribution in [3.63, 3.8) is 0 Å². The van der Waals surface area contributed by atoms with E-state index in [2.05, 4.69) is 4.74 Å². The molecule has 5 nitrogen and oxygen atoms in total. The number of carbonyl (C=O) groups excluding carboxylic acids is 1. The Bertz CT molecular complexity index is 882. The van der Waals surface area contributed by atoms with Gasteiger partial charge in [-0.15, -0.1) is 0 Å². The molecule has 0 atom stereocenters. The fourth-order valence-electron chi connectivity index (χ4n) is 2.50. The first-order valence-electron chi connectivity index (χ1n) is 7.88. The lowest BCUT2D eigenvalue weighted by Crippen LogP contribution is -2.17. The van der Waals surface area contributed by atoms with Crippen LogP contribution in [0.25, 0.3) is 6.08 Å². The van der Waals surface area contributed by atoms with Gasteiger partial charge in [0.25, 0.3) is 0 Å². The number of alkyl halides is 2. The average Bonchev–Trinajstić information content (AvgIpc) is 2.65. The second-order valence-electron chi connectivity index (χ2n) is 5.58. The normalized spacial score (nSPS) is 12.7. The van der Waals surface area contributed by atoms with Crippen LogP contribution in [0.4, 0.5) is 8.78 Å². The van der Waals surface area contributed by atoms with Crippen LogP contribution in [-0.2, 0) is 16.1 Å². The lowest BCUT2D eigenvalue weighted by molar-refractivity contribution is -0.140. The van der Waals surface area contributed by atoms with Crippen molar-refractivity contribution in [2.75, 3.05) is 13.7 Å². The van der Waals surface area contributed by atoms with Crippen molar-refractivity contribution in [1.82, 2.24) is 0 Å². The molecule has 1 aliphatic heterocycles. The monoisotopic (exact) mass is 396 g/mol. The number of rotatable bonds is 6. The second kappa shape index (κ2) is 8.26. The summed E-state index contributed by atoms with van der Waals surface area (Å²) >= 11 is 5.95. The Morgan fingerprint density at radius 3 is 2.78 bits per heavy atom. The molecular formula is C19H15ClF2O5. The summed E-state index contributed by atoms with van der Waals surface area (Å²) in [5.74, 6) is 0.106. The molecular weight excluding hydrogens is 382 g/mol. The summed E-state index contributed by atoms with van der Waals surface area (Å²) in [7, 11) is 1.33. The van der Waals surface area contributed by atoms with Gasteiger partial charge >= 0.3 is 12.6 Å². The zero-order chi connectivity index (χ0) is 19.4. The van der Waals surface area contributed by atoms with Crippen LogP contribution < -0.4 is 14.2 Å². The third-order valence-electron chi connectivity index (χ3n) is 3.76. The Hall–Kier alpha value is -2.80. The van der Waals surface area contributed by atoms with E-state index in [0.29, 0.717) is 27.5 Å². The van der Waals surface area contributed by atoms with Gasteiger partial charge < -0.3 is 18.9 Å². The Kier molecular flexibility index (Phi) is 5.81. The highest BCUT2D eigenvalue weighted by Gasteiger charge is 2.19. The van der Waals surface area contributed by atoms with Crippen LogP contribution in [0.5, 0.6) is 17.2 Å². The minimum Gasteiger partial charge on any atom is -0.493 e. The number of fused-ring (bicyclic) bond motifs is 1. The smallest absolute Gasteiger partial charge is 0.387 e. The summed E-state index contributed by atoms with van der Waals surface area (Å²) in [6, 6.07) is 9.42. The van der Waals surface area contributed by atoms with E-state index in [-0.39, 0.29) is 24.7 Å². The molecule has 27 heavy (non-hydrogen) atoms. The minimum absolute atomic E-state index is 0.0656. The van der Waals surface area contributed by atoms with Crippen LogP contribution >= 0.6 is 11.6 Å². The van der Waals surface area contributed by atoms with Crippen LogP contribution in [0.3, 0.4) is 0 Å². The van der Waals surface area contributed by atoms with Crippen molar-refractivity contribution in [1.29, 1.82) is 0 Å². The van der Waals surface area contributed by atoms with Crippen LogP contribution in [0.15, 0.2) is 42.0 Å². The van der Waals surface area contributed by atoms with E-state index in [1.807, 2.05) is 0 Å². The second-order valence-corrected chi connectivity index (χ2v) is 6.02. The quantitative estimate of drug-likeness (QED) is 0.674. The third kappa shape index (κ3) is 4.68. The molecule has 0 aliphatic carbocycles. The number of esters is 1. The highest BCUT2D eigenvalue weighted by molar-refractivity contribution is 6.30. The molecule has 0 spiro atoms. The van der Waals surface area contributed by atoms with Crippen LogP contribution in [-0.4, -0.2) is 26.3 Å². The van der Waals surface area contributed by atoms with Gasteiger partial charge in [0.1, 0.15) is 19.0 Å². The molecule has 0 amide bonds. The van der Waals surface area contributed by atoms with Crippen LogP contribution in [0.1, 0.15) is 11.1 Å². The molecule has 142 valence electrons. The zero-order valence-electron chi connectivity index (χ0n) is 14.2. The topological polar surface area (TPSA) is 54.0 Å². The number of methoxy groups -OCH3 is 1. The summed E-state index contributed by atoms with van der Waals surface area (Å²) in [5.41, 5.74) is 1.59. The first kappa shape index (κ1) is 19.0. The Labute approximate surface area is 159 Å². The molecule has 0 bridgehead atoms. The van der Waals surface area contributed by atoms with Crippen molar-refractivity contribution in [3.8, 4) is 17.2 Å². The van der Waals surface area contributed by atoms with Gasteiger partial charge in [-0.3, -0.25) is 0 Å². The molecule has 0 aromatic heterocycles. The Morgan fingerprint density at radius 1 is 1.22 bits per heavy atom. The lowest BCUT2D eigenvalue weighted by atomic mass is 10.1. The van der Waals surface area contributed by atoms with Gasteiger partial charge in [0.2, 0.25) is 0 Å². The molecule has 1 aliphatic rings. The number of benzene rings is 2. The van der Waals surface area contributed by atoms with Gasteiger partial charge in [0.05, 0.1) is 12.7 Å². The van der Waals surface area contributed by atoms with E-state index < -0.39 is 12.6 Å². The summed E-state index contributed by atoms with van der Waals surface area (Å²) in [6.45, 7) is -2.95. The number of carbonyl (C=O) groups is 1. The van der Waals surface area contributed by atoms with Crippen LogP contribution in [0.2, 0.25) is 5.02 Å². The Balaban J connectivity index is 1.67. The maximum Gasteiger partial charge on any atom is 0.387 e. The minimum atomic E-state index is -2.96. The van der Waals surface area contributed by atoms with E-state index in [4.69, 9.17) is 25.8 Å². The maximum absolute atomic E-state index is 12.4. The average molecular weight is 397 g/mol. The number of hydrogen-bond donors (Lipinski definition) is 0. The van der Waals surface area contributed by atoms with Crippen molar-refractivity contribution >= 4 is 23.6 Å². The highest BCUT2D eigenvalue weighted by atomic mass is 35.5. The third-order valence-corrected chi connectivity index (χ3v) is 4.00. The SMILES string of the molecule is COc1cc(COC(=O)C2=Cc3cc(Cl)ccc3OC2)ccc1OC(F)F. The predicted molar refractivity (Wildman–Crippen MR) is 94.3 cm³/mol. The fourth-order valence-corrected chi connectivity index (χ4v) is 2.68. The number of hydrogen-bond acceptors (Lipinski definition) is 5. The summed E-state index contributed by atoms with van der Waals surface area (Å²) in [5, 5.41) is 0.529. The molecule has 3 rings (SSSR count). The van der Waals surface area contributed by atoms with Gasteiger partial charge in [-0.25, -0.2) is 4.79 Å². The molecule has 2 aromatic carbocycles. The van der Waals surface area contributed by atoms with Crippen molar-refractivity contribution in [3.05, 3.63) is 58.1 Å². The molecule has 8 heteroatoms. The van der Waals surface area contributed by atoms with Crippen molar-refractivity contribution in [2.24, 2.45) is 0 Å². The summed E-state index contributed by atoms with van der Waals surface area (Å²) in [4.78, 5) is 12.3. The largest absolute Gasteiger partial charge is 0.493 e.